The average molecular weight is 386 g/mol. The first-order valence-electron chi connectivity index (χ1n) is 8.14. The molecule has 3 aromatic rings. The number of hydroxylamine groups is 1. The molecule has 6 nitrogen and oxygen atoms in total. The van der Waals surface area contributed by atoms with Crippen molar-refractivity contribution in [3.8, 4) is 11.3 Å². The molecule has 0 unspecified atom stereocenters. The van der Waals surface area contributed by atoms with Crippen LogP contribution in [0.3, 0.4) is 0 Å². The second-order valence-corrected chi connectivity index (χ2v) is 5.76. The van der Waals surface area contributed by atoms with Gasteiger partial charge in [-0.25, -0.2) is 10.5 Å². The molecule has 0 saturated carbocycles. The van der Waals surface area contributed by atoms with Crippen LogP contribution < -0.4 is 5.48 Å². The van der Waals surface area contributed by atoms with Gasteiger partial charge in [0.1, 0.15) is 5.82 Å². The zero-order valence-electron chi connectivity index (χ0n) is 14.4. The smallest absolute Gasteiger partial charge is 0.267 e. The molecular formula is C20H20ClN3O3. The van der Waals surface area contributed by atoms with Crippen molar-refractivity contribution >= 4 is 24.4 Å². The summed E-state index contributed by atoms with van der Waals surface area (Å²) in [4.78, 5) is 18.8. The van der Waals surface area contributed by atoms with Crippen LogP contribution in [-0.4, -0.2) is 26.2 Å². The molecule has 7 heteroatoms. The lowest BCUT2D eigenvalue weighted by Crippen LogP contribution is -2.14. The Labute approximate surface area is 163 Å². The van der Waals surface area contributed by atoms with Crippen LogP contribution in [-0.2, 0) is 17.8 Å². The number of aliphatic hydroxyl groups excluding tert-OH is 1. The number of H-pyrrole nitrogens is 1. The third-order valence-electron chi connectivity index (χ3n) is 3.92. The minimum atomic E-state index is -0.574. The van der Waals surface area contributed by atoms with E-state index in [1.165, 1.54) is 6.08 Å². The maximum atomic E-state index is 11.0. The summed E-state index contributed by atoms with van der Waals surface area (Å²) in [7, 11) is 0. The third-order valence-corrected chi connectivity index (χ3v) is 3.92. The van der Waals surface area contributed by atoms with Gasteiger partial charge in [0.15, 0.2) is 0 Å². The summed E-state index contributed by atoms with van der Waals surface area (Å²) in [5.74, 6) is 0.200. The summed E-state index contributed by atoms with van der Waals surface area (Å²) in [6, 6.07) is 17.4. The monoisotopic (exact) mass is 385 g/mol. The molecule has 0 aliphatic rings. The van der Waals surface area contributed by atoms with Crippen molar-refractivity contribution in [3.63, 3.8) is 0 Å². The summed E-state index contributed by atoms with van der Waals surface area (Å²) in [5, 5.41) is 18.1. The standard InChI is InChI=1S/C20H19N3O3.ClH/c24-13-17-20(16-4-2-1-3-5-16)22-18(21-17)12-15-8-6-14(7-9-15)10-11-19(25)23-26;/h1-11,24,26H,12-13H2,(H,21,22)(H,23,25);1H/b11-10+;. The van der Waals surface area contributed by atoms with Crippen molar-refractivity contribution < 1.29 is 15.1 Å². The molecule has 0 atom stereocenters. The molecule has 0 saturated heterocycles. The van der Waals surface area contributed by atoms with E-state index in [-0.39, 0.29) is 19.0 Å². The number of amides is 1. The molecule has 0 radical (unpaired) electrons. The van der Waals surface area contributed by atoms with Crippen molar-refractivity contribution in [1.29, 1.82) is 0 Å². The quantitative estimate of drug-likeness (QED) is 0.297. The van der Waals surface area contributed by atoms with E-state index in [1.54, 1.807) is 11.6 Å². The molecule has 3 rings (SSSR count). The zero-order valence-corrected chi connectivity index (χ0v) is 15.2. The van der Waals surface area contributed by atoms with E-state index in [2.05, 4.69) is 9.97 Å². The van der Waals surface area contributed by atoms with Gasteiger partial charge < -0.3 is 10.1 Å². The fourth-order valence-electron chi connectivity index (χ4n) is 2.65. The van der Waals surface area contributed by atoms with Crippen LogP contribution in [0.25, 0.3) is 17.3 Å². The highest BCUT2D eigenvalue weighted by Gasteiger charge is 2.11. The second-order valence-electron chi connectivity index (χ2n) is 5.76. The van der Waals surface area contributed by atoms with Crippen molar-refractivity contribution in [2.24, 2.45) is 0 Å². The highest BCUT2D eigenvalue weighted by atomic mass is 35.5. The predicted octanol–water partition coefficient (Wildman–Crippen LogP) is 3.10. The maximum absolute atomic E-state index is 11.0. The van der Waals surface area contributed by atoms with E-state index in [1.807, 2.05) is 54.6 Å². The lowest BCUT2D eigenvalue weighted by molar-refractivity contribution is -0.124. The predicted molar refractivity (Wildman–Crippen MR) is 105 cm³/mol. The number of aliphatic hydroxyl groups is 1. The first-order chi connectivity index (χ1) is 12.7. The van der Waals surface area contributed by atoms with E-state index in [0.717, 1.165) is 28.2 Å². The van der Waals surface area contributed by atoms with E-state index >= 15 is 0 Å². The number of carbonyl (C=O) groups is 1. The Morgan fingerprint density at radius 3 is 2.44 bits per heavy atom. The minimum Gasteiger partial charge on any atom is -0.390 e. The van der Waals surface area contributed by atoms with Gasteiger partial charge in [-0.3, -0.25) is 10.0 Å². The third kappa shape index (κ3) is 5.27. The summed E-state index contributed by atoms with van der Waals surface area (Å²) in [6.45, 7) is -0.103. The van der Waals surface area contributed by atoms with Gasteiger partial charge in [-0.15, -0.1) is 12.4 Å². The van der Waals surface area contributed by atoms with Crippen LogP contribution in [0.4, 0.5) is 0 Å². The SMILES string of the molecule is Cl.O=C(/C=C/c1ccc(Cc2nc(-c3ccccc3)c(CO)[nH]2)cc1)NO. The summed E-state index contributed by atoms with van der Waals surface area (Å²) >= 11 is 0. The fourth-order valence-corrected chi connectivity index (χ4v) is 2.65. The van der Waals surface area contributed by atoms with Crippen LogP contribution in [0.1, 0.15) is 22.6 Å². The fraction of sp³-hybridized carbons (Fsp3) is 0.100. The van der Waals surface area contributed by atoms with Gasteiger partial charge in [-0.2, -0.15) is 0 Å². The number of nitrogens with zero attached hydrogens (tertiary/aromatic N) is 1. The van der Waals surface area contributed by atoms with Crippen molar-refractivity contribution in [2.75, 3.05) is 0 Å². The van der Waals surface area contributed by atoms with E-state index < -0.39 is 5.91 Å². The van der Waals surface area contributed by atoms with Gasteiger partial charge in [-0.05, 0) is 17.2 Å². The Hall–Kier alpha value is -2.93. The van der Waals surface area contributed by atoms with Gasteiger partial charge in [-0.1, -0.05) is 54.6 Å². The largest absolute Gasteiger partial charge is 0.390 e. The number of rotatable bonds is 6. The van der Waals surface area contributed by atoms with Crippen LogP contribution in [0.2, 0.25) is 0 Å². The van der Waals surface area contributed by atoms with Gasteiger partial charge >= 0.3 is 0 Å². The lowest BCUT2D eigenvalue weighted by Gasteiger charge is -2.00. The molecule has 1 aromatic heterocycles. The highest BCUT2D eigenvalue weighted by molar-refractivity contribution is 5.90. The molecule has 0 aliphatic heterocycles. The summed E-state index contributed by atoms with van der Waals surface area (Å²) in [5.41, 5.74) is 5.86. The number of hydrogen-bond acceptors (Lipinski definition) is 4. The number of imidazole rings is 1. The first-order valence-corrected chi connectivity index (χ1v) is 8.14. The van der Waals surface area contributed by atoms with Crippen molar-refractivity contribution in [1.82, 2.24) is 15.4 Å². The Balaban J connectivity index is 0.00000261. The number of aromatic nitrogens is 2. The highest BCUT2D eigenvalue weighted by Crippen LogP contribution is 2.22. The van der Waals surface area contributed by atoms with Gasteiger partial charge in [0, 0.05) is 18.1 Å². The van der Waals surface area contributed by atoms with E-state index in [0.29, 0.717) is 12.1 Å². The molecule has 0 fully saturated rings. The molecule has 1 heterocycles. The topological polar surface area (TPSA) is 98.2 Å². The van der Waals surface area contributed by atoms with E-state index in [4.69, 9.17) is 5.21 Å². The van der Waals surface area contributed by atoms with Crippen LogP contribution in [0.15, 0.2) is 60.7 Å². The zero-order chi connectivity index (χ0) is 18.4. The molecule has 4 N–H and O–H groups in total. The van der Waals surface area contributed by atoms with Gasteiger partial charge in [0.2, 0.25) is 0 Å². The van der Waals surface area contributed by atoms with Crippen LogP contribution in [0, 0.1) is 0 Å². The maximum Gasteiger partial charge on any atom is 0.267 e. The number of carbonyl (C=O) groups excluding carboxylic acids is 1. The molecule has 27 heavy (non-hydrogen) atoms. The molecule has 0 bridgehead atoms. The molecule has 140 valence electrons. The minimum absolute atomic E-state index is 0. The molecule has 2 aromatic carbocycles. The summed E-state index contributed by atoms with van der Waals surface area (Å²) in [6.07, 6.45) is 3.46. The Morgan fingerprint density at radius 2 is 1.81 bits per heavy atom. The lowest BCUT2D eigenvalue weighted by atomic mass is 10.1. The van der Waals surface area contributed by atoms with Gasteiger partial charge in [0.25, 0.3) is 5.91 Å². The molecule has 0 spiro atoms. The van der Waals surface area contributed by atoms with Crippen LogP contribution in [0.5, 0.6) is 0 Å². The summed E-state index contributed by atoms with van der Waals surface area (Å²) < 4.78 is 0. The molecule has 1 amide bonds. The Morgan fingerprint density at radius 1 is 1.11 bits per heavy atom. The average Bonchev–Trinajstić information content (AvgIpc) is 3.10. The number of aromatic amines is 1. The molecule has 0 aliphatic carbocycles. The molecular weight excluding hydrogens is 366 g/mol. The van der Waals surface area contributed by atoms with Gasteiger partial charge in [0.05, 0.1) is 18.0 Å². The second kappa shape index (κ2) is 9.68. The van der Waals surface area contributed by atoms with Crippen molar-refractivity contribution in [3.05, 3.63) is 83.3 Å². The number of halogens is 1. The Kier molecular flexibility index (Phi) is 7.31. The van der Waals surface area contributed by atoms with Crippen LogP contribution >= 0.6 is 12.4 Å². The Bertz CT molecular complexity index is 906. The number of nitrogens with one attached hydrogen (secondary N) is 2. The first kappa shape index (κ1) is 20.4. The number of hydrogen-bond donors (Lipinski definition) is 4. The van der Waals surface area contributed by atoms with Crippen molar-refractivity contribution in [2.45, 2.75) is 13.0 Å². The normalized spacial score (nSPS) is 10.6. The number of benzene rings is 2. The van der Waals surface area contributed by atoms with E-state index in [9.17, 15) is 9.90 Å².